The number of nitrogens with zero attached hydrogens (tertiary/aromatic N) is 1. The molecule has 1 aliphatic heterocycles. The van der Waals surface area contributed by atoms with Crippen molar-refractivity contribution in [3.05, 3.63) is 21.9 Å². The van der Waals surface area contributed by atoms with E-state index in [1.807, 2.05) is 18.3 Å². The van der Waals surface area contributed by atoms with E-state index in [-0.39, 0.29) is 12.1 Å². The van der Waals surface area contributed by atoms with Crippen LogP contribution >= 0.6 is 11.3 Å². The van der Waals surface area contributed by atoms with E-state index >= 15 is 0 Å². The average Bonchev–Trinajstić information content (AvgIpc) is 2.87. The molecule has 0 aromatic carbocycles. The highest BCUT2D eigenvalue weighted by atomic mass is 32.1. The van der Waals surface area contributed by atoms with Crippen LogP contribution in [-0.4, -0.2) is 36.7 Å². The molecule has 3 nitrogen and oxygen atoms in total. The van der Waals surface area contributed by atoms with Gasteiger partial charge in [0.25, 0.3) is 0 Å². The molecule has 0 bridgehead atoms. The van der Waals surface area contributed by atoms with Crippen LogP contribution in [-0.2, 0) is 11.2 Å². The summed E-state index contributed by atoms with van der Waals surface area (Å²) in [7, 11) is 0. The average molecular weight is 266 g/mol. The van der Waals surface area contributed by atoms with Crippen molar-refractivity contribution in [1.29, 1.82) is 0 Å². The van der Waals surface area contributed by atoms with E-state index in [0.29, 0.717) is 6.04 Å². The van der Waals surface area contributed by atoms with Crippen molar-refractivity contribution in [1.82, 2.24) is 4.90 Å². The molecule has 100 valence electrons. The van der Waals surface area contributed by atoms with Gasteiger partial charge in [-0.3, -0.25) is 4.90 Å². The predicted octanol–water partition coefficient (Wildman–Crippen LogP) is 2.17. The first-order valence-electron chi connectivity index (χ1n) is 6.93. The summed E-state index contributed by atoms with van der Waals surface area (Å²) in [4.78, 5) is 4.18. The van der Waals surface area contributed by atoms with Crippen molar-refractivity contribution in [3.63, 3.8) is 0 Å². The van der Waals surface area contributed by atoms with Crippen LogP contribution in [0.4, 0.5) is 0 Å². The van der Waals surface area contributed by atoms with Gasteiger partial charge in [-0.05, 0) is 43.2 Å². The second-order valence-electron chi connectivity index (χ2n) is 5.47. The Bertz CT molecular complexity index is 404. The summed E-state index contributed by atoms with van der Waals surface area (Å²) in [5.41, 5.74) is 7.55. The lowest BCUT2D eigenvalue weighted by molar-refractivity contribution is -0.0541. The van der Waals surface area contributed by atoms with E-state index in [2.05, 4.69) is 16.3 Å². The normalized spacial score (nSPS) is 31.0. The molecule has 3 rings (SSSR count). The summed E-state index contributed by atoms with van der Waals surface area (Å²) < 4.78 is 5.77. The summed E-state index contributed by atoms with van der Waals surface area (Å²) in [5, 5.41) is 2.24. The zero-order valence-electron chi connectivity index (χ0n) is 11.0. The van der Waals surface area contributed by atoms with Crippen LogP contribution in [0.15, 0.2) is 11.4 Å². The quantitative estimate of drug-likeness (QED) is 0.891. The molecule has 3 atom stereocenters. The molecule has 0 saturated carbocycles. The molecule has 3 unspecified atom stereocenters. The molecule has 1 saturated heterocycles. The van der Waals surface area contributed by atoms with Crippen LogP contribution in [0.1, 0.15) is 36.2 Å². The summed E-state index contributed by atoms with van der Waals surface area (Å²) in [6, 6.07) is 3.05. The van der Waals surface area contributed by atoms with Crippen LogP contribution in [0.5, 0.6) is 0 Å². The van der Waals surface area contributed by atoms with Crippen LogP contribution in [0.2, 0.25) is 0 Å². The Morgan fingerprint density at radius 2 is 2.44 bits per heavy atom. The smallest absolute Gasteiger partial charge is 0.0850 e. The third-order valence-corrected chi connectivity index (χ3v) is 5.17. The summed E-state index contributed by atoms with van der Waals surface area (Å²) in [6.07, 6.45) is 4.07. The van der Waals surface area contributed by atoms with Gasteiger partial charge in [0.15, 0.2) is 0 Å². The highest BCUT2D eigenvalue weighted by Crippen LogP contribution is 2.37. The highest BCUT2D eigenvalue weighted by Gasteiger charge is 2.31. The van der Waals surface area contributed by atoms with Gasteiger partial charge < -0.3 is 10.5 Å². The van der Waals surface area contributed by atoms with Crippen molar-refractivity contribution in [2.24, 2.45) is 5.73 Å². The van der Waals surface area contributed by atoms with E-state index in [1.165, 1.54) is 19.3 Å². The minimum Gasteiger partial charge on any atom is -0.374 e. The number of aryl methyl sites for hydroxylation is 1. The number of rotatable bonds is 2. The van der Waals surface area contributed by atoms with Crippen molar-refractivity contribution in [2.45, 2.75) is 44.4 Å². The fourth-order valence-corrected chi connectivity index (χ4v) is 4.12. The first-order chi connectivity index (χ1) is 8.75. The molecular formula is C14H22N2OS. The lowest BCUT2D eigenvalue weighted by Crippen LogP contribution is -2.50. The van der Waals surface area contributed by atoms with Gasteiger partial charge in [0.05, 0.1) is 12.7 Å². The van der Waals surface area contributed by atoms with Crippen molar-refractivity contribution < 1.29 is 4.74 Å². The molecule has 2 aliphatic rings. The lowest BCUT2D eigenvalue weighted by atomic mass is 9.92. The minimum absolute atomic E-state index is 0.123. The minimum atomic E-state index is 0.123. The molecule has 1 aromatic heterocycles. The van der Waals surface area contributed by atoms with E-state index < -0.39 is 0 Å². The Kier molecular flexibility index (Phi) is 3.71. The first kappa shape index (κ1) is 12.6. The van der Waals surface area contributed by atoms with Crippen molar-refractivity contribution >= 4 is 11.3 Å². The Morgan fingerprint density at radius 3 is 3.28 bits per heavy atom. The van der Waals surface area contributed by atoms with Crippen LogP contribution in [0.25, 0.3) is 0 Å². The zero-order chi connectivity index (χ0) is 12.5. The highest BCUT2D eigenvalue weighted by molar-refractivity contribution is 7.10. The number of ether oxygens (including phenoxy) is 1. The monoisotopic (exact) mass is 266 g/mol. The molecule has 0 amide bonds. The second-order valence-corrected chi connectivity index (χ2v) is 6.47. The van der Waals surface area contributed by atoms with Gasteiger partial charge in [-0.25, -0.2) is 0 Å². The van der Waals surface area contributed by atoms with Gasteiger partial charge in [-0.1, -0.05) is 0 Å². The Hall–Kier alpha value is -0.420. The van der Waals surface area contributed by atoms with Crippen LogP contribution in [0, 0.1) is 0 Å². The standard InChI is InChI=1S/C14H22N2OS/c1-10(15)13-9-16(6-7-17-13)12-3-2-4-14-11(12)5-8-18-14/h5,8,10,12-13H,2-4,6-7,9,15H2,1H3. The number of fused-ring (bicyclic) bond motifs is 1. The van der Waals surface area contributed by atoms with Gasteiger partial charge in [-0.15, -0.1) is 11.3 Å². The lowest BCUT2D eigenvalue weighted by Gasteiger charge is -2.41. The number of nitrogens with two attached hydrogens (primary N) is 1. The second kappa shape index (κ2) is 5.29. The maximum atomic E-state index is 5.98. The predicted molar refractivity (Wildman–Crippen MR) is 75.0 cm³/mol. The maximum Gasteiger partial charge on any atom is 0.0850 e. The molecule has 2 heterocycles. The Labute approximate surface area is 113 Å². The molecule has 0 radical (unpaired) electrons. The van der Waals surface area contributed by atoms with E-state index in [9.17, 15) is 0 Å². The topological polar surface area (TPSA) is 38.5 Å². The third kappa shape index (κ3) is 2.35. The summed E-state index contributed by atoms with van der Waals surface area (Å²) in [6.45, 7) is 4.90. The van der Waals surface area contributed by atoms with Crippen LogP contribution in [0.3, 0.4) is 0 Å². The van der Waals surface area contributed by atoms with E-state index in [0.717, 1.165) is 19.7 Å². The number of thiophene rings is 1. The van der Waals surface area contributed by atoms with Gasteiger partial charge >= 0.3 is 0 Å². The van der Waals surface area contributed by atoms with E-state index in [4.69, 9.17) is 10.5 Å². The molecule has 1 fully saturated rings. The largest absolute Gasteiger partial charge is 0.374 e. The van der Waals surface area contributed by atoms with Gasteiger partial charge in [0.2, 0.25) is 0 Å². The van der Waals surface area contributed by atoms with Crippen molar-refractivity contribution in [2.75, 3.05) is 19.7 Å². The van der Waals surface area contributed by atoms with E-state index in [1.54, 1.807) is 10.4 Å². The SMILES string of the molecule is CC(N)C1CN(C2CCCc3sccc32)CCO1. The summed E-state index contributed by atoms with van der Waals surface area (Å²) >= 11 is 1.92. The van der Waals surface area contributed by atoms with Gasteiger partial charge in [-0.2, -0.15) is 0 Å². The Morgan fingerprint density at radius 1 is 1.56 bits per heavy atom. The third-order valence-electron chi connectivity index (χ3n) is 4.17. The molecule has 1 aliphatic carbocycles. The maximum absolute atomic E-state index is 5.98. The number of hydrogen-bond acceptors (Lipinski definition) is 4. The zero-order valence-corrected chi connectivity index (χ0v) is 11.8. The van der Waals surface area contributed by atoms with Gasteiger partial charge in [0.1, 0.15) is 0 Å². The first-order valence-corrected chi connectivity index (χ1v) is 7.81. The molecular weight excluding hydrogens is 244 g/mol. The molecule has 18 heavy (non-hydrogen) atoms. The molecule has 0 spiro atoms. The van der Waals surface area contributed by atoms with Crippen molar-refractivity contribution in [3.8, 4) is 0 Å². The summed E-state index contributed by atoms with van der Waals surface area (Å²) in [5.74, 6) is 0. The van der Waals surface area contributed by atoms with Gasteiger partial charge in [0, 0.05) is 30.1 Å². The molecule has 1 aromatic rings. The fourth-order valence-electron chi connectivity index (χ4n) is 3.14. The van der Waals surface area contributed by atoms with Crippen LogP contribution < -0.4 is 5.73 Å². The molecule has 2 N–H and O–H groups in total. The molecule has 4 heteroatoms. The fraction of sp³-hybridized carbons (Fsp3) is 0.714. The number of morpholine rings is 1. The Balaban J connectivity index is 1.76. The number of hydrogen-bond donors (Lipinski definition) is 1.